The number of nitrogen functional groups attached to an aromatic ring is 1. The highest BCUT2D eigenvalue weighted by Gasteiger charge is 2.09. The van der Waals surface area contributed by atoms with Crippen LogP contribution >= 0.6 is 34.4 Å². The Hall–Kier alpha value is -0.430. The molecule has 0 amide bonds. The lowest BCUT2D eigenvalue weighted by molar-refractivity contribution is 0.662. The van der Waals surface area contributed by atoms with Gasteiger partial charge in [-0.3, -0.25) is 0 Å². The topological polar surface area (TPSA) is 43.8 Å². The molecule has 0 saturated heterocycles. The van der Waals surface area contributed by atoms with Crippen molar-refractivity contribution in [2.24, 2.45) is 0 Å². The van der Waals surface area contributed by atoms with E-state index in [1.165, 1.54) is 3.57 Å². The first-order valence-corrected chi connectivity index (χ1v) is 7.92. The Bertz CT molecular complexity index is 524. The smallest absolute Gasteiger partial charge is 0.201 e. The van der Waals surface area contributed by atoms with E-state index in [0.717, 1.165) is 24.0 Å². The predicted octanol–water partition coefficient (Wildman–Crippen LogP) is 3.36. The van der Waals surface area contributed by atoms with Crippen LogP contribution in [-0.2, 0) is 6.54 Å². The molecule has 1 aromatic heterocycles. The van der Waals surface area contributed by atoms with Gasteiger partial charge >= 0.3 is 0 Å². The third-order valence-corrected chi connectivity index (χ3v) is 4.61. The van der Waals surface area contributed by atoms with Crippen LogP contribution < -0.4 is 5.73 Å². The summed E-state index contributed by atoms with van der Waals surface area (Å²) in [5, 5.41) is 0.649. The van der Waals surface area contributed by atoms with Crippen LogP contribution in [0, 0.1) is 3.57 Å². The first-order chi connectivity index (χ1) is 8.11. The molecule has 0 fully saturated rings. The maximum atomic E-state index is 5.97. The molecule has 2 aromatic rings. The van der Waals surface area contributed by atoms with Crippen molar-refractivity contribution in [3.05, 3.63) is 21.8 Å². The number of benzene rings is 1. The molecule has 0 spiro atoms. The zero-order chi connectivity index (χ0) is 12.4. The minimum absolute atomic E-state index is 0.621. The summed E-state index contributed by atoms with van der Waals surface area (Å²) in [5.74, 6) is 0.621. The Morgan fingerprint density at radius 1 is 1.53 bits per heavy atom. The van der Waals surface area contributed by atoms with Gasteiger partial charge in [-0.25, -0.2) is 4.98 Å². The second-order valence-electron chi connectivity index (χ2n) is 4.09. The minimum Gasteiger partial charge on any atom is -0.369 e. The van der Waals surface area contributed by atoms with Gasteiger partial charge in [-0.1, -0.05) is 6.92 Å². The van der Waals surface area contributed by atoms with E-state index >= 15 is 0 Å². The number of nitrogens with two attached hydrogens (primary N) is 1. The fourth-order valence-corrected chi connectivity index (χ4v) is 2.60. The fraction of sp³-hybridized carbons (Fsp3) is 0.417. The molecule has 0 bridgehead atoms. The maximum absolute atomic E-state index is 5.97. The zero-order valence-corrected chi connectivity index (χ0v) is 13.0. The van der Waals surface area contributed by atoms with Crippen molar-refractivity contribution in [3.8, 4) is 0 Å². The number of aromatic nitrogens is 2. The van der Waals surface area contributed by atoms with Gasteiger partial charge in [-0.15, -0.1) is 0 Å². The van der Waals surface area contributed by atoms with E-state index in [4.69, 9.17) is 5.73 Å². The highest BCUT2D eigenvalue weighted by molar-refractivity contribution is 14.1. The molecule has 0 radical (unpaired) electrons. The molecule has 0 aliphatic heterocycles. The van der Waals surface area contributed by atoms with E-state index in [9.17, 15) is 0 Å². The van der Waals surface area contributed by atoms with Crippen molar-refractivity contribution in [2.75, 3.05) is 12.0 Å². The number of fused-ring (bicyclic) bond motifs is 1. The molecule has 92 valence electrons. The molecule has 2 rings (SSSR count). The van der Waals surface area contributed by atoms with E-state index < -0.39 is 0 Å². The molecular formula is C12H16IN3S. The minimum atomic E-state index is 0.621. The number of nitrogens with zero attached hydrogens (tertiary/aromatic N) is 2. The van der Waals surface area contributed by atoms with Crippen LogP contribution in [0.1, 0.15) is 13.3 Å². The lowest BCUT2D eigenvalue weighted by Crippen LogP contribution is -2.07. The van der Waals surface area contributed by atoms with Crippen molar-refractivity contribution in [1.29, 1.82) is 0 Å². The van der Waals surface area contributed by atoms with E-state index in [-0.39, 0.29) is 0 Å². The van der Waals surface area contributed by atoms with Crippen LogP contribution in [0.4, 0.5) is 5.95 Å². The number of anilines is 1. The molecule has 17 heavy (non-hydrogen) atoms. The lowest BCUT2D eigenvalue weighted by Gasteiger charge is -2.10. The van der Waals surface area contributed by atoms with Gasteiger partial charge in [0.05, 0.1) is 11.0 Å². The molecule has 5 heteroatoms. The summed E-state index contributed by atoms with van der Waals surface area (Å²) in [6.45, 7) is 3.17. The molecular weight excluding hydrogens is 345 g/mol. The van der Waals surface area contributed by atoms with Crippen LogP contribution in [0.3, 0.4) is 0 Å². The second kappa shape index (κ2) is 5.48. The zero-order valence-electron chi connectivity index (χ0n) is 9.98. The third-order valence-electron chi connectivity index (χ3n) is 2.90. The van der Waals surface area contributed by atoms with Crippen LogP contribution in [0.5, 0.6) is 0 Å². The molecule has 2 N–H and O–H groups in total. The standard InChI is InChI=1S/C12H16IN3S/c1-8(17-2)5-6-16-11-4-3-9(13)7-10(11)15-12(16)14/h3-4,7-8H,5-6H2,1-2H3,(H2,14,15). The van der Waals surface area contributed by atoms with Crippen molar-refractivity contribution in [1.82, 2.24) is 9.55 Å². The Labute approximate surface area is 119 Å². The molecule has 3 nitrogen and oxygen atoms in total. The molecule has 1 atom stereocenters. The number of hydrogen-bond donors (Lipinski definition) is 1. The van der Waals surface area contributed by atoms with Crippen LogP contribution in [0.2, 0.25) is 0 Å². The van der Waals surface area contributed by atoms with E-state index in [2.05, 4.69) is 63.5 Å². The molecule has 0 saturated carbocycles. The third kappa shape index (κ3) is 2.88. The summed E-state index contributed by atoms with van der Waals surface area (Å²) in [4.78, 5) is 4.41. The second-order valence-corrected chi connectivity index (χ2v) is 6.61. The van der Waals surface area contributed by atoms with Crippen molar-refractivity contribution >= 4 is 51.3 Å². The Kier molecular flexibility index (Phi) is 4.19. The summed E-state index contributed by atoms with van der Waals surface area (Å²) in [5.41, 5.74) is 8.10. The average Bonchev–Trinajstić information content (AvgIpc) is 2.61. The van der Waals surface area contributed by atoms with Gasteiger partial charge in [0.2, 0.25) is 5.95 Å². The highest BCUT2D eigenvalue weighted by atomic mass is 127. The Morgan fingerprint density at radius 3 is 3.00 bits per heavy atom. The average molecular weight is 361 g/mol. The Balaban J connectivity index is 2.30. The first kappa shape index (κ1) is 13.0. The normalized spacial score (nSPS) is 13.1. The summed E-state index contributed by atoms with van der Waals surface area (Å²) in [6, 6.07) is 6.27. The van der Waals surface area contributed by atoms with Crippen molar-refractivity contribution in [3.63, 3.8) is 0 Å². The molecule has 0 aliphatic carbocycles. The van der Waals surface area contributed by atoms with Crippen molar-refractivity contribution in [2.45, 2.75) is 25.1 Å². The van der Waals surface area contributed by atoms with E-state index in [1.807, 2.05) is 11.8 Å². The molecule has 0 aliphatic rings. The number of rotatable bonds is 4. The largest absolute Gasteiger partial charge is 0.369 e. The van der Waals surface area contributed by atoms with Crippen LogP contribution in [0.25, 0.3) is 11.0 Å². The van der Waals surface area contributed by atoms with Gasteiger partial charge in [0, 0.05) is 15.4 Å². The van der Waals surface area contributed by atoms with Gasteiger partial charge in [0.15, 0.2) is 0 Å². The van der Waals surface area contributed by atoms with Crippen LogP contribution in [0.15, 0.2) is 18.2 Å². The quantitative estimate of drug-likeness (QED) is 0.850. The number of imidazole rings is 1. The number of thioether (sulfide) groups is 1. The van der Waals surface area contributed by atoms with E-state index in [0.29, 0.717) is 11.2 Å². The summed E-state index contributed by atoms with van der Waals surface area (Å²) < 4.78 is 3.30. The molecule has 1 heterocycles. The molecule has 1 unspecified atom stereocenters. The van der Waals surface area contributed by atoms with Gasteiger partial charge in [0.1, 0.15) is 0 Å². The Morgan fingerprint density at radius 2 is 2.29 bits per heavy atom. The summed E-state index contributed by atoms with van der Waals surface area (Å²) in [6.07, 6.45) is 3.26. The maximum Gasteiger partial charge on any atom is 0.201 e. The predicted molar refractivity (Wildman–Crippen MR) is 84.5 cm³/mol. The monoisotopic (exact) mass is 361 g/mol. The first-order valence-electron chi connectivity index (χ1n) is 5.56. The number of aryl methyl sites for hydroxylation is 1. The van der Waals surface area contributed by atoms with Gasteiger partial charge < -0.3 is 10.3 Å². The SMILES string of the molecule is CSC(C)CCn1c(N)nc2cc(I)ccc21. The molecule has 1 aromatic carbocycles. The van der Waals surface area contributed by atoms with Gasteiger partial charge in [-0.05, 0) is 53.5 Å². The highest BCUT2D eigenvalue weighted by Crippen LogP contribution is 2.21. The van der Waals surface area contributed by atoms with Crippen molar-refractivity contribution < 1.29 is 0 Å². The summed E-state index contributed by atoms with van der Waals surface area (Å²) in [7, 11) is 0. The fourth-order valence-electron chi connectivity index (χ4n) is 1.79. The lowest BCUT2D eigenvalue weighted by atomic mass is 10.3. The van der Waals surface area contributed by atoms with Gasteiger partial charge in [0.25, 0.3) is 0 Å². The number of halogens is 1. The van der Waals surface area contributed by atoms with Gasteiger partial charge in [-0.2, -0.15) is 11.8 Å². The number of hydrogen-bond acceptors (Lipinski definition) is 3. The summed E-state index contributed by atoms with van der Waals surface area (Å²) >= 11 is 4.18. The van der Waals surface area contributed by atoms with E-state index in [1.54, 1.807) is 0 Å². The van der Waals surface area contributed by atoms with Crippen LogP contribution in [-0.4, -0.2) is 21.1 Å².